The summed E-state index contributed by atoms with van der Waals surface area (Å²) >= 11 is 6.03. The molecule has 1 aromatic carbocycles. The number of hydrogen-bond donors (Lipinski definition) is 0. The summed E-state index contributed by atoms with van der Waals surface area (Å²) in [6.45, 7) is 4.05. The Morgan fingerprint density at radius 3 is 2.50 bits per heavy atom. The van der Waals surface area contributed by atoms with Crippen LogP contribution in [0.15, 0.2) is 30.3 Å². The molecule has 94 valence electrons. The second-order valence-corrected chi connectivity index (χ2v) is 4.30. The minimum Gasteiger partial charge on any atom is -0.481 e. The number of nitrogens with zero attached hydrogens (tertiary/aromatic N) is 1. The molecule has 3 nitrogen and oxygen atoms in total. The van der Waals surface area contributed by atoms with Crippen molar-refractivity contribution in [3.8, 4) is 17.4 Å². The molecule has 0 aliphatic carbocycles. The number of ether oxygens (including phenoxy) is 2. The number of rotatable bonds is 3. The number of aryl methyl sites for hydroxylation is 1. The van der Waals surface area contributed by atoms with Gasteiger partial charge in [0.25, 0.3) is 0 Å². The number of pyridine rings is 1. The average Bonchev–Trinajstić information content (AvgIpc) is 2.37. The van der Waals surface area contributed by atoms with E-state index in [1.54, 1.807) is 19.2 Å². The molecule has 2 rings (SSSR count). The summed E-state index contributed by atoms with van der Waals surface area (Å²) in [5.41, 5.74) is 2.26. The average molecular weight is 264 g/mol. The number of hydrogen-bond acceptors (Lipinski definition) is 3. The molecule has 0 radical (unpaired) electrons. The van der Waals surface area contributed by atoms with Crippen LogP contribution in [-0.4, -0.2) is 12.1 Å². The molecule has 0 unspecified atom stereocenters. The van der Waals surface area contributed by atoms with Crippen LogP contribution in [0.3, 0.4) is 0 Å². The van der Waals surface area contributed by atoms with Crippen molar-refractivity contribution in [1.29, 1.82) is 0 Å². The Morgan fingerprint density at radius 1 is 1.06 bits per heavy atom. The summed E-state index contributed by atoms with van der Waals surface area (Å²) in [7, 11) is 1.55. The first-order valence-electron chi connectivity index (χ1n) is 5.56. The van der Waals surface area contributed by atoms with Gasteiger partial charge >= 0.3 is 0 Å². The standard InChI is InChI=1S/C14H14ClNO2/c1-9-5-4-6-11(10(9)2)18-12-7-8-13(17-3)16-14(12)15/h4-8H,1-3H3. The number of aromatic nitrogens is 1. The molecule has 0 N–H and O–H groups in total. The lowest BCUT2D eigenvalue weighted by molar-refractivity contribution is 0.395. The van der Waals surface area contributed by atoms with Gasteiger partial charge in [-0.05, 0) is 37.1 Å². The molecular weight excluding hydrogens is 250 g/mol. The van der Waals surface area contributed by atoms with Gasteiger partial charge in [-0.3, -0.25) is 0 Å². The van der Waals surface area contributed by atoms with E-state index in [9.17, 15) is 0 Å². The van der Waals surface area contributed by atoms with E-state index in [1.807, 2.05) is 32.0 Å². The first-order valence-corrected chi connectivity index (χ1v) is 5.94. The van der Waals surface area contributed by atoms with Crippen LogP contribution in [0.4, 0.5) is 0 Å². The summed E-state index contributed by atoms with van der Waals surface area (Å²) in [4.78, 5) is 4.06. The highest BCUT2D eigenvalue weighted by Gasteiger charge is 2.08. The monoisotopic (exact) mass is 263 g/mol. The Kier molecular flexibility index (Phi) is 3.72. The SMILES string of the molecule is COc1ccc(Oc2cccc(C)c2C)c(Cl)n1. The lowest BCUT2D eigenvalue weighted by Crippen LogP contribution is -1.93. The van der Waals surface area contributed by atoms with Crippen LogP contribution in [0.1, 0.15) is 11.1 Å². The normalized spacial score (nSPS) is 10.2. The summed E-state index contributed by atoms with van der Waals surface area (Å²) in [6.07, 6.45) is 0. The lowest BCUT2D eigenvalue weighted by atomic mass is 10.1. The largest absolute Gasteiger partial charge is 0.481 e. The van der Waals surface area contributed by atoms with Crippen LogP contribution in [-0.2, 0) is 0 Å². The zero-order valence-electron chi connectivity index (χ0n) is 10.5. The van der Waals surface area contributed by atoms with Crippen LogP contribution in [0, 0.1) is 13.8 Å². The maximum Gasteiger partial charge on any atom is 0.214 e. The molecule has 0 saturated carbocycles. The number of benzene rings is 1. The van der Waals surface area contributed by atoms with Gasteiger partial charge in [-0.15, -0.1) is 0 Å². The van der Waals surface area contributed by atoms with Gasteiger partial charge < -0.3 is 9.47 Å². The fourth-order valence-electron chi connectivity index (χ4n) is 1.55. The van der Waals surface area contributed by atoms with Crippen molar-refractivity contribution in [2.75, 3.05) is 7.11 Å². The Bertz CT molecular complexity index is 570. The Morgan fingerprint density at radius 2 is 1.83 bits per heavy atom. The Balaban J connectivity index is 2.31. The van der Waals surface area contributed by atoms with Gasteiger partial charge in [0.05, 0.1) is 7.11 Å². The molecule has 2 aromatic rings. The molecule has 0 saturated heterocycles. The zero-order chi connectivity index (χ0) is 13.1. The van der Waals surface area contributed by atoms with Crippen molar-refractivity contribution in [2.24, 2.45) is 0 Å². The van der Waals surface area contributed by atoms with Crippen molar-refractivity contribution in [2.45, 2.75) is 13.8 Å². The fourth-order valence-corrected chi connectivity index (χ4v) is 1.73. The fraction of sp³-hybridized carbons (Fsp3) is 0.214. The zero-order valence-corrected chi connectivity index (χ0v) is 11.3. The van der Waals surface area contributed by atoms with Crippen LogP contribution < -0.4 is 9.47 Å². The Hall–Kier alpha value is -1.74. The third-order valence-electron chi connectivity index (χ3n) is 2.77. The highest BCUT2D eigenvalue weighted by molar-refractivity contribution is 6.30. The third-order valence-corrected chi connectivity index (χ3v) is 3.04. The molecule has 0 aliphatic rings. The van der Waals surface area contributed by atoms with E-state index in [1.165, 1.54) is 5.56 Å². The van der Waals surface area contributed by atoms with E-state index in [0.29, 0.717) is 11.6 Å². The van der Waals surface area contributed by atoms with E-state index >= 15 is 0 Å². The molecular formula is C14H14ClNO2. The second kappa shape index (κ2) is 5.27. The minimum atomic E-state index is 0.287. The second-order valence-electron chi connectivity index (χ2n) is 3.94. The summed E-state index contributed by atoms with van der Waals surface area (Å²) in [6, 6.07) is 9.35. The van der Waals surface area contributed by atoms with Gasteiger partial charge in [-0.25, -0.2) is 0 Å². The molecule has 1 heterocycles. The van der Waals surface area contributed by atoms with E-state index in [4.69, 9.17) is 21.1 Å². The van der Waals surface area contributed by atoms with Crippen molar-refractivity contribution < 1.29 is 9.47 Å². The highest BCUT2D eigenvalue weighted by Crippen LogP contribution is 2.32. The maximum atomic E-state index is 6.03. The highest BCUT2D eigenvalue weighted by atomic mass is 35.5. The first-order chi connectivity index (χ1) is 8.61. The van der Waals surface area contributed by atoms with E-state index in [2.05, 4.69) is 4.98 Å². The van der Waals surface area contributed by atoms with Crippen molar-refractivity contribution in [3.05, 3.63) is 46.6 Å². The van der Waals surface area contributed by atoms with Gasteiger partial charge in [0.1, 0.15) is 5.75 Å². The lowest BCUT2D eigenvalue weighted by Gasteiger charge is -2.11. The van der Waals surface area contributed by atoms with Crippen LogP contribution in [0.2, 0.25) is 5.15 Å². The topological polar surface area (TPSA) is 31.4 Å². The Labute approximate surface area is 111 Å². The summed E-state index contributed by atoms with van der Waals surface area (Å²) < 4.78 is 10.8. The van der Waals surface area contributed by atoms with Gasteiger partial charge in [0.15, 0.2) is 10.9 Å². The smallest absolute Gasteiger partial charge is 0.214 e. The minimum absolute atomic E-state index is 0.287. The van der Waals surface area contributed by atoms with Crippen molar-refractivity contribution in [1.82, 2.24) is 4.98 Å². The summed E-state index contributed by atoms with van der Waals surface area (Å²) in [5.74, 6) is 1.77. The van der Waals surface area contributed by atoms with Crippen LogP contribution in [0.25, 0.3) is 0 Å². The number of halogens is 1. The van der Waals surface area contributed by atoms with E-state index < -0.39 is 0 Å². The van der Waals surface area contributed by atoms with Crippen LogP contribution in [0.5, 0.6) is 17.4 Å². The molecule has 0 amide bonds. The first kappa shape index (κ1) is 12.7. The van der Waals surface area contributed by atoms with Gasteiger partial charge in [-0.2, -0.15) is 4.98 Å². The van der Waals surface area contributed by atoms with Gasteiger partial charge in [0.2, 0.25) is 5.88 Å². The predicted octanol–water partition coefficient (Wildman–Crippen LogP) is 4.15. The summed E-state index contributed by atoms with van der Waals surface area (Å²) in [5, 5.41) is 0.287. The van der Waals surface area contributed by atoms with Crippen molar-refractivity contribution >= 4 is 11.6 Å². The predicted molar refractivity (Wildman–Crippen MR) is 71.8 cm³/mol. The molecule has 0 bridgehead atoms. The molecule has 18 heavy (non-hydrogen) atoms. The van der Waals surface area contributed by atoms with Gasteiger partial charge in [0, 0.05) is 6.07 Å². The van der Waals surface area contributed by atoms with E-state index in [-0.39, 0.29) is 5.15 Å². The molecule has 4 heteroatoms. The molecule has 0 atom stereocenters. The quantitative estimate of drug-likeness (QED) is 0.780. The third kappa shape index (κ3) is 2.57. The molecule has 0 aliphatic heterocycles. The number of methoxy groups -OCH3 is 1. The van der Waals surface area contributed by atoms with E-state index in [0.717, 1.165) is 11.3 Å². The molecule has 0 spiro atoms. The maximum absolute atomic E-state index is 6.03. The van der Waals surface area contributed by atoms with Crippen LogP contribution >= 0.6 is 11.6 Å². The van der Waals surface area contributed by atoms with Gasteiger partial charge in [-0.1, -0.05) is 23.7 Å². The molecule has 0 fully saturated rings. The van der Waals surface area contributed by atoms with Crippen molar-refractivity contribution in [3.63, 3.8) is 0 Å². The molecule has 1 aromatic heterocycles.